The third kappa shape index (κ3) is 5.36. The lowest BCUT2D eigenvalue weighted by atomic mass is 9.99. The summed E-state index contributed by atoms with van der Waals surface area (Å²) < 4.78 is 0. The fourth-order valence-corrected chi connectivity index (χ4v) is 2.48. The van der Waals surface area contributed by atoms with Crippen molar-refractivity contribution in [3.05, 3.63) is 0 Å². The lowest BCUT2D eigenvalue weighted by Gasteiger charge is -2.30. The molecule has 1 amide bonds. The topological polar surface area (TPSA) is 35.6 Å². The van der Waals surface area contributed by atoms with Gasteiger partial charge in [-0.3, -0.25) is 9.69 Å². The van der Waals surface area contributed by atoms with Gasteiger partial charge in [0.05, 0.1) is 6.54 Å². The van der Waals surface area contributed by atoms with Crippen LogP contribution in [-0.4, -0.2) is 62.0 Å². The molecule has 4 nitrogen and oxygen atoms in total. The second-order valence-corrected chi connectivity index (χ2v) is 5.36. The largest absolute Gasteiger partial charge is 0.345 e. The quantitative estimate of drug-likeness (QED) is 0.742. The van der Waals surface area contributed by atoms with E-state index in [9.17, 15) is 4.79 Å². The molecule has 0 aromatic heterocycles. The van der Waals surface area contributed by atoms with Crippen molar-refractivity contribution in [3.63, 3.8) is 0 Å². The molecule has 1 fully saturated rings. The molecule has 0 spiro atoms. The molecule has 1 unspecified atom stereocenters. The number of hydrogen-bond donors (Lipinski definition) is 1. The molecule has 0 radical (unpaired) electrons. The van der Waals surface area contributed by atoms with Crippen LogP contribution in [0.4, 0.5) is 0 Å². The zero-order chi connectivity index (χ0) is 13.4. The van der Waals surface area contributed by atoms with Crippen LogP contribution in [0.1, 0.15) is 33.1 Å². The maximum Gasteiger partial charge on any atom is 0.236 e. The van der Waals surface area contributed by atoms with Gasteiger partial charge in [-0.1, -0.05) is 6.92 Å². The van der Waals surface area contributed by atoms with E-state index in [0.717, 1.165) is 39.1 Å². The number of amides is 1. The molecule has 0 aliphatic carbocycles. The SMILES string of the molecule is CCCN(CC(=O)N(C)CC)CC1CCCNC1. The Labute approximate surface area is 112 Å². The van der Waals surface area contributed by atoms with Crippen molar-refractivity contribution in [3.8, 4) is 0 Å². The molecule has 1 heterocycles. The second-order valence-electron chi connectivity index (χ2n) is 5.36. The smallest absolute Gasteiger partial charge is 0.236 e. The first-order chi connectivity index (χ1) is 8.67. The van der Waals surface area contributed by atoms with Crippen LogP contribution < -0.4 is 5.32 Å². The average Bonchev–Trinajstić information content (AvgIpc) is 2.39. The van der Waals surface area contributed by atoms with Gasteiger partial charge < -0.3 is 10.2 Å². The normalized spacial score (nSPS) is 20.1. The van der Waals surface area contributed by atoms with Gasteiger partial charge in [0.2, 0.25) is 5.91 Å². The average molecular weight is 255 g/mol. The van der Waals surface area contributed by atoms with E-state index in [-0.39, 0.29) is 5.91 Å². The van der Waals surface area contributed by atoms with E-state index in [1.807, 2.05) is 18.9 Å². The third-order valence-electron chi connectivity index (χ3n) is 3.71. The van der Waals surface area contributed by atoms with Gasteiger partial charge in [-0.2, -0.15) is 0 Å². The Kier molecular flexibility index (Phi) is 7.28. The van der Waals surface area contributed by atoms with Crippen LogP contribution in [0.5, 0.6) is 0 Å². The van der Waals surface area contributed by atoms with Crippen molar-refractivity contribution in [1.82, 2.24) is 15.1 Å². The third-order valence-corrected chi connectivity index (χ3v) is 3.71. The van der Waals surface area contributed by atoms with Gasteiger partial charge in [-0.05, 0) is 51.7 Å². The van der Waals surface area contributed by atoms with Gasteiger partial charge >= 0.3 is 0 Å². The summed E-state index contributed by atoms with van der Waals surface area (Å²) in [5.74, 6) is 0.958. The summed E-state index contributed by atoms with van der Waals surface area (Å²) in [6, 6.07) is 0. The van der Waals surface area contributed by atoms with Gasteiger partial charge in [-0.15, -0.1) is 0 Å². The molecule has 0 bridgehead atoms. The van der Waals surface area contributed by atoms with E-state index in [1.54, 1.807) is 0 Å². The molecule has 18 heavy (non-hydrogen) atoms. The summed E-state index contributed by atoms with van der Waals surface area (Å²) in [4.78, 5) is 16.1. The standard InChI is InChI=1S/C14H29N3O/c1-4-9-17(12-14(18)16(3)5-2)11-13-7-6-8-15-10-13/h13,15H,4-12H2,1-3H3. The van der Waals surface area contributed by atoms with Crippen molar-refractivity contribution in [1.29, 1.82) is 0 Å². The minimum atomic E-state index is 0.245. The number of rotatable bonds is 7. The number of carbonyl (C=O) groups excluding carboxylic acids is 1. The highest BCUT2D eigenvalue weighted by Crippen LogP contribution is 2.12. The van der Waals surface area contributed by atoms with E-state index in [4.69, 9.17) is 0 Å². The van der Waals surface area contributed by atoms with Crippen LogP contribution in [0.2, 0.25) is 0 Å². The highest BCUT2D eigenvalue weighted by Gasteiger charge is 2.19. The van der Waals surface area contributed by atoms with Crippen molar-refractivity contribution in [2.24, 2.45) is 5.92 Å². The van der Waals surface area contributed by atoms with E-state index in [1.165, 1.54) is 12.8 Å². The summed E-state index contributed by atoms with van der Waals surface area (Å²) >= 11 is 0. The number of likely N-dealkylation sites (N-methyl/N-ethyl adjacent to an activating group) is 1. The Morgan fingerprint density at radius 1 is 1.39 bits per heavy atom. The monoisotopic (exact) mass is 255 g/mol. The number of nitrogens with one attached hydrogen (secondary N) is 1. The molecule has 0 aromatic carbocycles. The van der Waals surface area contributed by atoms with Crippen LogP contribution in [0, 0.1) is 5.92 Å². The molecule has 1 aliphatic heterocycles. The first kappa shape index (κ1) is 15.4. The minimum absolute atomic E-state index is 0.245. The summed E-state index contributed by atoms with van der Waals surface area (Å²) in [6.07, 6.45) is 3.68. The maximum absolute atomic E-state index is 12.0. The Morgan fingerprint density at radius 3 is 2.72 bits per heavy atom. The maximum atomic E-state index is 12.0. The molecule has 0 saturated carbocycles. The fraction of sp³-hybridized carbons (Fsp3) is 0.929. The second kappa shape index (κ2) is 8.48. The molecule has 1 rings (SSSR count). The van der Waals surface area contributed by atoms with E-state index in [0.29, 0.717) is 12.5 Å². The van der Waals surface area contributed by atoms with Crippen molar-refractivity contribution >= 4 is 5.91 Å². The highest BCUT2D eigenvalue weighted by atomic mass is 16.2. The first-order valence-corrected chi connectivity index (χ1v) is 7.34. The zero-order valence-electron chi connectivity index (χ0n) is 12.2. The van der Waals surface area contributed by atoms with Crippen LogP contribution in [0.3, 0.4) is 0 Å². The van der Waals surface area contributed by atoms with Crippen LogP contribution in [0.15, 0.2) is 0 Å². The highest BCUT2D eigenvalue weighted by molar-refractivity contribution is 5.77. The predicted octanol–water partition coefficient (Wildman–Crippen LogP) is 1.18. The molecule has 0 aromatic rings. The Bertz CT molecular complexity index is 239. The first-order valence-electron chi connectivity index (χ1n) is 7.34. The van der Waals surface area contributed by atoms with Gasteiger partial charge in [-0.25, -0.2) is 0 Å². The van der Waals surface area contributed by atoms with E-state index in [2.05, 4.69) is 17.1 Å². The number of hydrogen-bond acceptors (Lipinski definition) is 3. The minimum Gasteiger partial charge on any atom is -0.345 e. The summed E-state index contributed by atoms with van der Waals surface area (Å²) in [7, 11) is 1.88. The summed E-state index contributed by atoms with van der Waals surface area (Å²) in [5.41, 5.74) is 0. The van der Waals surface area contributed by atoms with Crippen LogP contribution >= 0.6 is 0 Å². The molecule has 1 saturated heterocycles. The molecule has 1 atom stereocenters. The Hall–Kier alpha value is -0.610. The van der Waals surface area contributed by atoms with Gasteiger partial charge in [0.25, 0.3) is 0 Å². The number of nitrogens with zero attached hydrogens (tertiary/aromatic N) is 2. The molecular weight excluding hydrogens is 226 g/mol. The zero-order valence-corrected chi connectivity index (χ0v) is 12.2. The van der Waals surface area contributed by atoms with Crippen molar-refractivity contribution < 1.29 is 4.79 Å². The van der Waals surface area contributed by atoms with E-state index < -0.39 is 0 Å². The molecular formula is C14H29N3O. The Morgan fingerprint density at radius 2 is 2.17 bits per heavy atom. The summed E-state index contributed by atoms with van der Waals surface area (Å²) in [6.45, 7) is 9.93. The van der Waals surface area contributed by atoms with Crippen molar-refractivity contribution in [2.75, 3.05) is 46.3 Å². The lowest BCUT2D eigenvalue weighted by Crippen LogP contribution is -2.43. The number of carbonyl (C=O) groups is 1. The van der Waals surface area contributed by atoms with Gasteiger partial charge in [0.1, 0.15) is 0 Å². The van der Waals surface area contributed by atoms with Crippen LogP contribution in [-0.2, 0) is 4.79 Å². The fourth-order valence-electron chi connectivity index (χ4n) is 2.48. The van der Waals surface area contributed by atoms with Gasteiger partial charge in [0.15, 0.2) is 0 Å². The lowest BCUT2D eigenvalue weighted by molar-refractivity contribution is -0.131. The molecule has 4 heteroatoms. The predicted molar refractivity (Wildman–Crippen MR) is 75.6 cm³/mol. The molecule has 1 N–H and O–H groups in total. The van der Waals surface area contributed by atoms with Gasteiger partial charge in [0, 0.05) is 20.1 Å². The molecule has 106 valence electrons. The summed E-state index contributed by atoms with van der Waals surface area (Å²) in [5, 5.41) is 3.45. The van der Waals surface area contributed by atoms with Crippen LogP contribution in [0.25, 0.3) is 0 Å². The molecule has 1 aliphatic rings. The van der Waals surface area contributed by atoms with E-state index >= 15 is 0 Å². The number of piperidine rings is 1. The van der Waals surface area contributed by atoms with Crippen molar-refractivity contribution in [2.45, 2.75) is 33.1 Å². The Balaban J connectivity index is 2.40.